The zero-order chi connectivity index (χ0) is 14.7. The van der Waals surface area contributed by atoms with E-state index in [9.17, 15) is 23.1 Å². The number of hydrogen-bond donors (Lipinski definition) is 2. The standard InChI is InChI=1S/C14H10F3NO2/c15-9-5-4-8(6-11(9)17)7-18-14(20)13-10(16)2-1-3-12(13)19/h1-6,19H,7H2,(H,18,20). The molecule has 2 aromatic rings. The smallest absolute Gasteiger partial charge is 0.258 e. The van der Waals surface area contributed by atoms with Crippen molar-refractivity contribution in [2.75, 3.05) is 0 Å². The van der Waals surface area contributed by atoms with Crippen molar-refractivity contribution in [3.8, 4) is 5.75 Å². The Bertz CT molecular complexity index is 639. The quantitative estimate of drug-likeness (QED) is 0.908. The second-order valence-electron chi connectivity index (χ2n) is 4.07. The van der Waals surface area contributed by atoms with Crippen LogP contribution in [-0.2, 0) is 6.54 Å². The fraction of sp³-hybridized carbons (Fsp3) is 0.0714. The lowest BCUT2D eigenvalue weighted by molar-refractivity contribution is 0.0944. The van der Waals surface area contributed by atoms with Crippen LogP contribution in [0.3, 0.4) is 0 Å². The molecule has 2 rings (SSSR count). The number of benzene rings is 2. The number of phenolic OH excluding ortho intramolecular Hbond substituents is 1. The number of rotatable bonds is 3. The number of halogens is 3. The van der Waals surface area contributed by atoms with Crippen LogP contribution in [0.4, 0.5) is 13.2 Å². The molecule has 0 fully saturated rings. The molecule has 0 aliphatic carbocycles. The average molecular weight is 281 g/mol. The Labute approximate surface area is 112 Å². The number of amides is 1. The summed E-state index contributed by atoms with van der Waals surface area (Å²) in [5.74, 6) is -4.23. The number of carbonyl (C=O) groups is 1. The maximum absolute atomic E-state index is 13.4. The Morgan fingerprint density at radius 3 is 2.45 bits per heavy atom. The van der Waals surface area contributed by atoms with Crippen molar-refractivity contribution in [1.82, 2.24) is 5.32 Å². The summed E-state index contributed by atoms with van der Waals surface area (Å²) in [5.41, 5.74) is -0.178. The van der Waals surface area contributed by atoms with Crippen molar-refractivity contribution < 1.29 is 23.1 Å². The van der Waals surface area contributed by atoms with Gasteiger partial charge in [0.2, 0.25) is 0 Å². The minimum atomic E-state index is -1.04. The zero-order valence-corrected chi connectivity index (χ0v) is 10.2. The van der Waals surface area contributed by atoms with Crippen molar-refractivity contribution in [1.29, 1.82) is 0 Å². The van der Waals surface area contributed by atoms with Gasteiger partial charge in [0.05, 0.1) is 0 Å². The Morgan fingerprint density at radius 2 is 1.80 bits per heavy atom. The zero-order valence-electron chi connectivity index (χ0n) is 10.2. The van der Waals surface area contributed by atoms with Crippen molar-refractivity contribution in [2.45, 2.75) is 6.54 Å². The first-order valence-electron chi connectivity index (χ1n) is 5.68. The van der Waals surface area contributed by atoms with Gasteiger partial charge < -0.3 is 10.4 Å². The molecule has 1 amide bonds. The van der Waals surface area contributed by atoms with Crippen molar-refractivity contribution in [3.05, 3.63) is 65.0 Å². The van der Waals surface area contributed by atoms with E-state index in [0.717, 1.165) is 18.2 Å². The maximum Gasteiger partial charge on any atom is 0.258 e. The van der Waals surface area contributed by atoms with Crippen LogP contribution in [0.2, 0.25) is 0 Å². The number of phenols is 1. The van der Waals surface area contributed by atoms with E-state index >= 15 is 0 Å². The Hall–Kier alpha value is -2.50. The van der Waals surface area contributed by atoms with Gasteiger partial charge in [-0.05, 0) is 29.8 Å². The molecule has 0 saturated heterocycles. The summed E-state index contributed by atoms with van der Waals surface area (Å²) in [4.78, 5) is 11.7. The highest BCUT2D eigenvalue weighted by Crippen LogP contribution is 2.19. The van der Waals surface area contributed by atoms with Gasteiger partial charge in [0, 0.05) is 6.54 Å². The molecule has 0 unspecified atom stereocenters. The molecule has 0 saturated carbocycles. The Kier molecular flexibility index (Phi) is 3.93. The lowest BCUT2D eigenvalue weighted by atomic mass is 10.1. The average Bonchev–Trinajstić information content (AvgIpc) is 2.40. The number of carbonyl (C=O) groups excluding carboxylic acids is 1. The van der Waals surface area contributed by atoms with Gasteiger partial charge in [-0.25, -0.2) is 13.2 Å². The summed E-state index contributed by atoms with van der Waals surface area (Å²) >= 11 is 0. The maximum atomic E-state index is 13.4. The Morgan fingerprint density at radius 1 is 1.05 bits per heavy atom. The number of nitrogens with one attached hydrogen (secondary N) is 1. The van der Waals surface area contributed by atoms with E-state index in [1.165, 1.54) is 18.2 Å². The topological polar surface area (TPSA) is 49.3 Å². The lowest BCUT2D eigenvalue weighted by Gasteiger charge is -2.08. The van der Waals surface area contributed by atoms with Crippen LogP contribution in [0.5, 0.6) is 5.75 Å². The summed E-state index contributed by atoms with van der Waals surface area (Å²) < 4.78 is 39.1. The normalized spacial score (nSPS) is 10.3. The highest BCUT2D eigenvalue weighted by molar-refractivity contribution is 5.97. The molecule has 104 valence electrons. The third-order valence-corrected chi connectivity index (χ3v) is 2.66. The summed E-state index contributed by atoms with van der Waals surface area (Å²) in [5, 5.41) is 11.7. The molecular weight excluding hydrogens is 271 g/mol. The van der Waals surface area contributed by atoms with Gasteiger partial charge in [-0.3, -0.25) is 4.79 Å². The first-order chi connectivity index (χ1) is 9.49. The molecule has 3 nitrogen and oxygen atoms in total. The summed E-state index contributed by atoms with van der Waals surface area (Å²) in [6.45, 7) is -0.121. The molecule has 0 radical (unpaired) electrons. The second-order valence-corrected chi connectivity index (χ2v) is 4.07. The molecule has 6 heteroatoms. The molecule has 20 heavy (non-hydrogen) atoms. The fourth-order valence-corrected chi connectivity index (χ4v) is 1.66. The number of aromatic hydroxyl groups is 1. The van der Waals surface area contributed by atoms with E-state index in [-0.39, 0.29) is 6.54 Å². The molecule has 0 spiro atoms. The fourth-order valence-electron chi connectivity index (χ4n) is 1.66. The second kappa shape index (κ2) is 5.64. The van der Waals surface area contributed by atoms with E-state index in [1.807, 2.05) is 0 Å². The predicted molar refractivity (Wildman–Crippen MR) is 65.6 cm³/mol. The van der Waals surface area contributed by atoms with Crippen LogP contribution in [0.1, 0.15) is 15.9 Å². The minimum absolute atomic E-state index is 0.121. The molecule has 0 bridgehead atoms. The first-order valence-corrected chi connectivity index (χ1v) is 5.68. The summed E-state index contributed by atoms with van der Waals surface area (Å²) in [7, 11) is 0. The van der Waals surface area contributed by atoms with E-state index in [2.05, 4.69) is 5.32 Å². The van der Waals surface area contributed by atoms with Gasteiger partial charge in [-0.15, -0.1) is 0 Å². The highest BCUT2D eigenvalue weighted by Gasteiger charge is 2.16. The largest absolute Gasteiger partial charge is 0.507 e. The van der Waals surface area contributed by atoms with Gasteiger partial charge >= 0.3 is 0 Å². The van der Waals surface area contributed by atoms with E-state index in [4.69, 9.17) is 0 Å². The molecule has 0 heterocycles. The van der Waals surface area contributed by atoms with Gasteiger partial charge in [-0.1, -0.05) is 12.1 Å². The van der Waals surface area contributed by atoms with E-state index < -0.39 is 34.7 Å². The lowest BCUT2D eigenvalue weighted by Crippen LogP contribution is -2.24. The van der Waals surface area contributed by atoms with Crippen LogP contribution in [-0.4, -0.2) is 11.0 Å². The van der Waals surface area contributed by atoms with Crippen LogP contribution in [0.25, 0.3) is 0 Å². The first kappa shape index (κ1) is 13.9. The molecule has 0 aliphatic rings. The van der Waals surface area contributed by atoms with Crippen molar-refractivity contribution in [3.63, 3.8) is 0 Å². The molecular formula is C14H10F3NO2. The minimum Gasteiger partial charge on any atom is -0.507 e. The van der Waals surface area contributed by atoms with Crippen LogP contribution in [0, 0.1) is 17.5 Å². The predicted octanol–water partition coefficient (Wildman–Crippen LogP) is 2.74. The van der Waals surface area contributed by atoms with Crippen molar-refractivity contribution in [2.24, 2.45) is 0 Å². The van der Waals surface area contributed by atoms with E-state index in [0.29, 0.717) is 5.56 Å². The van der Waals surface area contributed by atoms with Gasteiger partial charge in [0.25, 0.3) is 5.91 Å². The molecule has 0 atom stereocenters. The number of hydrogen-bond acceptors (Lipinski definition) is 2. The molecule has 2 N–H and O–H groups in total. The third-order valence-electron chi connectivity index (χ3n) is 2.66. The monoisotopic (exact) mass is 281 g/mol. The van der Waals surface area contributed by atoms with Crippen LogP contribution >= 0.6 is 0 Å². The molecule has 2 aromatic carbocycles. The Balaban J connectivity index is 2.11. The van der Waals surface area contributed by atoms with Gasteiger partial charge in [-0.2, -0.15) is 0 Å². The van der Waals surface area contributed by atoms with Crippen LogP contribution < -0.4 is 5.32 Å². The van der Waals surface area contributed by atoms with Crippen molar-refractivity contribution >= 4 is 5.91 Å². The summed E-state index contributed by atoms with van der Waals surface area (Å²) in [6, 6.07) is 6.62. The van der Waals surface area contributed by atoms with Gasteiger partial charge in [0.15, 0.2) is 11.6 Å². The van der Waals surface area contributed by atoms with Gasteiger partial charge in [0.1, 0.15) is 17.1 Å². The van der Waals surface area contributed by atoms with E-state index in [1.54, 1.807) is 0 Å². The molecule has 0 aromatic heterocycles. The highest BCUT2D eigenvalue weighted by atomic mass is 19.2. The van der Waals surface area contributed by atoms with Crippen LogP contribution in [0.15, 0.2) is 36.4 Å². The third kappa shape index (κ3) is 2.90. The summed E-state index contributed by atoms with van der Waals surface area (Å²) in [6.07, 6.45) is 0. The molecule has 0 aliphatic heterocycles. The SMILES string of the molecule is O=C(NCc1ccc(F)c(F)c1)c1c(O)cccc1F.